The molecule has 0 bridgehead atoms. The number of hydrogen-bond acceptors (Lipinski definition) is 6. The van der Waals surface area contributed by atoms with Gasteiger partial charge in [0.25, 0.3) is 11.8 Å². The van der Waals surface area contributed by atoms with E-state index < -0.39 is 11.8 Å². The third-order valence-corrected chi connectivity index (χ3v) is 4.95. The summed E-state index contributed by atoms with van der Waals surface area (Å²) in [6.07, 6.45) is 0. The molecule has 0 spiro atoms. The van der Waals surface area contributed by atoms with Gasteiger partial charge >= 0.3 is 0 Å². The van der Waals surface area contributed by atoms with Gasteiger partial charge in [-0.15, -0.1) is 0 Å². The number of carbonyl (C=O) groups excluding carboxylic acids is 4. The Hall–Kier alpha value is -4.86. The average molecular weight is 491 g/mol. The maximum Gasteiger partial charge on any atom is 0.255 e. The topological polar surface area (TPSA) is 135 Å². The molecule has 186 valence electrons. The summed E-state index contributed by atoms with van der Waals surface area (Å²) in [6, 6.07) is 15.8. The second-order valence-corrected chi connectivity index (χ2v) is 7.68. The standard InChI is InChI=1S/C26H26N4O6/c1-15(31)27-21-13-19(9-11-23(21)35-3)29-25(33)17-5-7-18(8-6-17)26(34)30-20-10-12-24(36-4)22(14-20)28-16(2)32/h5-14H,1-4H3,(H,27,31)(H,28,32)(H,29,33)(H,30,34). The number of amides is 4. The molecule has 0 aromatic heterocycles. The first kappa shape index (κ1) is 25.8. The SMILES string of the molecule is COc1ccc(NC(=O)c2ccc(C(=O)Nc3ccc(OC)c(NC(C)=O)c3)cc2)cc1NC(C)=O. The predicted molar refractivity (Wildman–Crippen MR) is 137 cm³/mol. The van der Waals surface area contributed by atoms with E-state index in [0.717, 1.165) is 0 Å². The van der Waals surface area contributed by atoms with Crippen molar-refractivity contribution in [2.45, 2.75) is 13.8 Å². The first-order valence-corrected chi connectivity index (χ1v) is 10.8. The third-order valence-electron chi connectivity index (χ3n) is 4.95. The number of nitrogens with one attached hydrogen (secondary N) is 4. The van der Waals surface area contributed by atoms with Crippen LogP contribution in [0.3, 0.4) is 0 Å². The van der Waals surface area contributed by atoms with Gasteiger partial charge in [-0.05, 0) is 60.7 Å². The number of methoxy groups -OCH3 is 2. The third kappa shape index (κ3) is 6.60. The minimum Gasteiger partial charge on any atom is -0.495 e. The molecule has 0 aliphatic carbocycles. The fourth-order valence-electron chi connectivity index (χ4n) is 3.33. The van der Waals surface area contributed by atoms with E-state index in [1.165, 1.54) is 52.3 Å². The first-order chi connectivity index (χ1) is 17.2. The molecule has 0 saturated heterocycles. The second-order valence-electron chi connectivity index (χ2n) is 7.68. The van der Waals surface area contributed by atoms with Gasteiger partial charge < -0.3 is 30.7 Å². The lowest BCUT2D eigenvalue weighted by atomic mass is 10.1. The highest BCUT2D eigenvalue weighted by Gasteiger charge is 2.13. The van der Waals surface area contributed by atoms with Crippen LogP contribution in [-0.2, 0) is 9.59 Å². The molecule has 0 heterocycles. The van der Waals surface area contributed by atoms with Crippen LogP contribution in [0, 0.1) is 0 Å². The molecule has 10 heteroatoms. The van der Waals surface area contributed by atoms with Gasteiger partial charge in [0.05, 0.1) is 25.6 Å². The number of ether oxygens (including phenoxy) is 2. The van der Waals surface area contributed by atoms with Crippen LogP contribution in [-0.4, -0.2) is 37.8 Å². The van der Waals surface area contributed by atoms with Gasteiger partial charge in [0.15, 0.2) is 0 Å². The van der Waals surface area contributed by atoms with Crippen LogP contribution in [0.2, 0.25) is 0 Å². The molecule has 0 unspecified atom stereocenters. The fraction of sp³-hybridized carbons (Fsp3) is 0.154. The lowest BCUT2D eigenvalue weighted by Crippen LogP contribution is -2.15. The van der Waals surface area contributed by atoms with Gasteiger partial charge in [0.2, 0.25) is 11.8 Å². The minimum atomic E-state index is -0.393. The summed E-state index contributed by atoms with van der Waals surface area (Å²) in [5.74, 6) is -0.413. The monoisotopic (exact) mass is 490 g/mol. The highest BCUT2D eigenvalue weighted by atomic mass is 16.5. The Morgan fingerprint density at radius 2 is 0.917 bits per heavy atom. The molecule has 4 amide bonds. The molecule has 0 saturated carbocycles. The van der Waals surface area contributed by atoms with Crippen LogP contribution in [0.15, 0.2) is 60.7 Å². The second kappa shape index (κ2) is 11.5. The number of hydrogen-bond donors (Lipinski definition) is 4. The fourth-order valence-corrected chi connectivity index (χ4v) is 3.33. The highest BCUT2D eigenvalue weighted by molar-refractivity contribution is 6.07. The zero-order valence-corrected chi connectivity index (χ0v) is 20.2. The van der Waals surface area contributed by atoms with Crippen LogP contribution in [0.4, 0.5) is 22.7 Å². The zero-order chi connectivity index (χ0) is 26.2. The minimum absolute atomic E-state index is 0.272. The summed E-state index contributed by atoms with van der Waals surface area (Å²) in [5, 5.41) is 10.8. The first-order valence-electron chi connectivity index (χ1n) is 10.8. The van der Waals surface area contributed by atoms with E-state index >= 15 is 0 Å². The van der Waals surface area contributed by atoms with Crippen molar-refractivity contribution in [1.82, 2.24) is 0 Å². The van der Waals surface area contributed by atoms with E-state index in [9.17, 15) is 19.2 Å². The van der Waals surface area contributed by atoms with E-state index in [2.05, 4.69) is 21.3 Å². The highest BCUT2D eigenvalue weighted by Crippen LogP contribution is 2.29. The van der Waals surface area contributed by atoms with Crippen LogP contribution in [0.25, 0.3) is 0 Å². The normalized spacial score (nSPS) is 10.1. The van der Waals surface area contributed by atoms with Crippen molar-refractivity contribution in [2.75, 3.05) is 35.5 Å². The van der Waals surface area contributed by atoms with Crippen molar-refractivity contribution >= 4 is 46.4 Å². The lowest BCUT2D eigenvalue weighted by molar-refractivity contribution is -0.115. The van der Waals surface area contributed by atoms with Gasteiger partial charge in [-0.2, -0.15) is 0 Å². The number of rotatable bonds is 8. The van der Waals surface area contributed by atoms with E-state index in [-0.39, 0.29) is 11.8 Å². The molecule has 10 nitrogen and oxygen atoms in total. The summed E-state index contributed by atoms with van der Waals surface area (Å²) in [5.41, 5.74) is 2.44. The molecule has 3 aromatic rings. The predicted octanol–water partition coefficient (Wildman–Crippen LogP) is 4.13. The molecule has 4 N–H and O–H groups in total. The Bertz CT molecular complexity index is 1200. The van der Waals surface area contributed by atoms with E-state index in [0.29, 0.717) is 45.4 Å². The van der Waals surface area contributed by atoms with Crippen LogP contribution in [0.5, 0.6) is 11.5 Å². The molecule has 0 radical (unpaired) electrons. The van der Waals surface area contributed by atoms with Crippen molar-refractivity contribution < 1.29 is 28.7 Å². The molecular formula is C26H26N4O6. The lowest BCUT2D eigenvalue weighted by Gasteiger charge is -2.13. The zero-order valence-electron chi connectivity index (χ0n) is 20.2. The molecule has 0 aliphatic rings. The quantitative estimate of drug-likeness (QED) is 0.375. The summed E-state index contributed by atoms with van der Waals surface area (Å²) in [7, 11) is 2.96. The van der Waals surface area contributed by atoms with Gasteiger partial charge in [0.1, 0.15) is 11.5 Å². The van der Waals surface area contributed by atoms with E-state index in [1.807, 2.05) is 0 Å². The van der Waals surface area contributed by atoms with E-state index in [4.69, 9.17) is 9.47 Å². The van der Waals surface area contributed by atoms with Crippen LogP contribution >= 0.6 is 0 Å². The van der Waals surface area contributed by atoms with E-state index in [1.54, 1.807) is 36.4 Å². The van der Waals surface area contributed by atoms with Crippen LogP contribution < -0.4 is 30.7 Å². The largest absolute Gasteiger partial charge is 0.495 e. The summed E-state index contributed by atoms with van der Waals surface area (Å²) >= 11 is 0. The molecule has 0 atom stereocenters. The van der Waals surface area contributed by atoms with Crippen molar-refractivity contribution in [3.8, 4) is 11.5 Å². The Kier molecular flexibility index (Phi) is 8.24. The number of benzene rings is 3. The van der Waals surface area contributed by atoms with Crippen molar-refractivity contribution in [1.29, 1.82) is 0 Å². The van der Waals surface area contributed by atoms with Gasteiger partial charge in [-0.25, -0.2) is 0 Å². The van der Waals surface area contributed by atoms with Gasteiger partial charge in [0, 0.05) is 36.3 Å². The summed E-state index contributed by atoms with van der Waals surface area (Å²) < 4.78 is 10.4. The maximum absolute atomic E-state index is 12.7. The molecule has 3 rings (SSSR count). The van der Waals surface area contributed by atoms with Crippen molar-refractivity contribution in [3.05, 3.63) is 71.8 Å². The van der Waals surface area contributed by atoms with Crippen molar-refractivity contribution in [3.63, 3.8) is 0 Å². The smallest absolute Gasteiger partial charge is 0.255 e. The maximum atomic E-state index is 12.7. The van der Waals surface area contributed by atoms with Crippen LogP contribution in [0.1, 0.15) is 34.6 Å². The number of carbonyl (C=O) groups is 4. The van der Waals surface area contributed by atoms with Gasteiger partial charge in [-0.3, -0.25) is 19.2 Å². The molecule has 0 aliphatic heterocycles. The Labute approximate surface area is 208 Å². The molecule has 3 aromatic carbocycles. The summed E-state index contributed by atoms with van der Waals surface area (Å²) in [4.78, 5) is 48.2. The average Bonchev–Trinajstić information content (AvgIpc) is 2.84. The molecule has 0 fully saturated rings. The van der Waals surface area contributed by atoms with Crippen molar-refractivity contribution in [2.24, 2.45) is 0 Å². The molecule has 36 heavy (non-hydrogen) atoms. The summed E-state index contributed by atoms with van der Waals surface area (Å²) in [6.45, 7) is 2.75. The Morgan fingerprint density at radius 3 is 1.22 bits per heavy atom. The van der Waals surface area contributed by atoms with Gasteiger partial charge in [-0.1, -0.05) is 0 Å². The Morgan fingerprint density at radius 1 is 0.556 bits per heavy atom. The molecular weight excluding hydrogens is 464 g/mol. The number of anilines is 4. The Balaban J connectivity index is 1.69.